The van der Waals surface area contributed by atoms with E-state index in [4.69, 9.17) is 9.15 Å². The Labute approximate surface area is 125 Å². The summed E-state index contributed by atoms with van der Waals surface area (Å²) < 4.78 is 10.6. The molecule has 0 unspecified atom stereocenters. The molecule has 0 saturated carbocycles. The first-order valence-electron chi connectivity index (χ1n) is 7.41. The molecule has 1 saturated heterocycles. The van der Waals surface area contributed by atoms with Crippen LogP contribution >= 0.6 is 0 Å². The second-order valence-electron chi connectivity index (χ2n) is 5.77. The number of aliphatic hydroxyl groups is 1. The lowest BCUT2D eigenvalue weighted by molar-refractivity contribution is -0.00976. The number of nitrogens with one attached hydrogen (secondary N) is 1. The molecular weight excluding hydrogens is 272 g/mol. The van der Waals surface area contributed by atoms with Gasteiger partial charge in [0, 0.05) is 19.5 Å². The van der Waals surface area contributed by atoms with Crippen LogP contribution in [0.15, 0.2) is 22.8 Å². The summed E-state index contributed by atoms with van der Waals surface area (Å²) in [7, 11) is 0. The van der Waals surface area contributed by atoms with Crippen LogP contribution < -0.4 is 5.32 Å². The van der Waals surface area contributed by atoms with Gasteiger partial charge >= 0.3 is 6.03 Å². The van der Waals surface area contributed by atoms with Gasteiger partial charge in [0.1, 0.15) is 11.9 Å². The summed E-state index contributed by atoms with van der Waals surface area (Å²) in [6.45, 7) is 6.26. The third kappa shape index (κ3) is 4.47. The van der Waals surface area contributed by atoms with Crippen LogP contribution in [0.4, 0.5) is 4.79 Å². The molecular formula is C15H24N2O4. The molecule has 0 spiro atoms. The molecule has 1 aromatic rings. The second kappa shape index (κ2) is 7.47. The first-order chi connectivity index (χ1) is 10.1. The molecule has 6 nitrogen and oxygen atoms in total. The Morgan fingerprint density at radius 3 is 3.05 bits per heavy atom. The summed E-state index contributed by atoms with van der Waals surface area (Å²) in [6.07, 6.45) is 1.21. The Kier molecular flexibility index (Phi) is 5.64. The molecule has 1 fully saturated rings. The zero-order valence-electron chi connectivity index (χ0n) is 12.6. The van der Waals surface area contributed by atoms with Gasteiger partial charge in [-0.3, -0.25) is 0 Å². The lowest BCUT2D eigenvalue weighted by atomic mass is 10.1. The number of nitrogens with zero attached hydrogens (tertiary/aromatic N) is 1. The number of hydrogen-bond acceptors (Lipinski definition) is 4. The number of urea groups is 1. The molecule has 0 bridgehead atoms. The van der Waals surface area contributed by atoms with Crippen molar-refractivity contribution >= 4 is 6.03 Å². The molecule has 2 amide bonds. The Hall–Kier alpha value is -1.53. The van der Waals surface area contributed by atoms with Crippen molar-refractivity contribution in [2.24, 2.45) is 5.92 Å². The normalized spacial score (nSPS) is 20.6. The van der Waals surface area contributed by atoms with E-state index in [1.165, 1.54) is 6.26 Å². The number of morpholine rings is 1. The molecule has 1 aliphatic rings. The second-order valence-corrected chi connectivity index (χ2v) is 5.77. The number of ether oxygens (including phenoxy) is 1. The van der Waals surface area contributed by atoms with E-state index in [0.717, 1.165) is 0 Å². The van der Waals surface area contributed by atoms with E-state index in [2.05, 4.69) is 19.2 Å². The van der Waals surface area contributed by atoms with Gasteiger partial charge in [-0.05, 0) is 18.1 Å². The fourth-order valence-electron chi connectivity index (χ4n) is 2.37. The molecule has 6 heteroatoms. The highest BCUT2D eigenvalue weighted by Gasteiger charge is 2.30. The predicted octanol–water partition coefficient (Wildman–Crippen LogP) is 1.77. The van der Waals surface area contributed by atoms with Gasteiger partial charge in [-0.15, -0.1) is 0 Å². The number of hydrogen-bond donors (Lipinski definition) is 2. The highest BCUT2D eigenvalue weighted by Crippen LogP contribution is 2.23. The summed E-state index contributed by atoms with van der Waals surface area (Å²) in [5, 5.41) is 13.1. The first kappa shape index (κ1) is 15.9. The van der Waals surface area contributed by atoms with Crippen molar-refractivity contribution in [3.63, 3.8) is 0 Å². The van der Waals surface area contributed by atoms with E-state index in [1.54, 1.807) is 17.0 Å². The van der Waals surface area contributed by atoms with Crippen molar-refractivity contribution in [1.82, 2.24) is 10.2 Å². The SMILES string of the molecule is CC(C)CNC(=O)N1CCOC[C@@H]1C[C@H](O)c1ccco1. The maximum absolute atomic E-state index is 12.2. The highest BCUT2D eigenvalue weighted by atomic mass is 16.5. The maximum Gasteiger partial charge on any atom is 0.317 e. The number of aliphatic hydroxyl groups excluding tert-OH is 1. The molecule has 2 N–H and O–H groups in total. The molecule has 1 aromatic heterocycles. The number of rotatable bonds is 5. The lowest BCUT2D eigenvalue weighted by Gasteiger charge is -2.36. The largest absolute Gasteiger partial charge is 0.467 e. The summed E-state index contributed by atoms with van der Waals surface area (Å²) in [6, 6.07) is 3.23. The zero-order valence-corrected chi connectivity index (χ0v) is 12.6. The van der Waals surface area contributed by atoms with Gasteiger partial charge in [0.05, 0.1) is 25.5 Å². The third-order valence-electron chi connectivity index (χ3n) is 3.52. The van der Waals surface area contributed by atoms with Gasteiger partial charge in [0.25, 0.3) is 0 Å². The van der Waals surface area contributed by atoms with Gasteiger partial charge in [-0.25, -0.2) is 4.79 Å². The van der Waals surface area contributed by atoms with Gasteiger partial charge in [0.15, 0.2) is 0 Å². The average Bonchev–Trinajstić information content (AvgIpc) is 2.99. The molecule has 2 heterocycles. The van der Waals surface area contributed by atoms with Crippen LogP contribution in [0.3, 0.4) is 0 Å². The summed E-state index contributed by atoms with van der Waals surface area (Å²) >= 11 is 0. The van der Waals surface area contributed by atoms with E-state index in [1.807, 2.05) is 0 Å². The van der Waals surface area contributed by atoms with Crippen LogP contribution in [0.2, 0.25) is 0 Å². The minimum absolute atomic E-state index is 0.0938. The summed E-state index contributed by atoms with van der Waals surface area (Å²) in [5.41, 5.74) is 0. The number of carbonyl (C=O) groups excluding carboxylic acids is 1. The fraction of sp³-hybridized carbons (Fsp3) is 0.667. The topological polar surface area (TPSA) is 74.9 Å². The van der Waals surface area contributed by atoms with E-state index >= 15 is 0 Å². The Morgan fingerprint density at radius 1 is 1.57 bits per heavy atom. The molecule has 21 heavy (non-hydrogen) atoms. The molecule has 118 valence electrons. The highest BCUT2D eigenvalue weighted by molar-refractivity contribution is 5.74. The van der Waals surface area contributed by atoms with Crippen LogP contribution in [0, 0.1) is 5.92 Å². The van der Waals surface area contributed by atoms with E-state index in [9.17, 15) is 9.90 Å². The van der Waals surface area contributed by atoms with Crippen LogP contribution in [-0.2, 0) is 4.74 Å². The van der Waals surface area contributed by atoms with Crippen molar-refractivity contribution < 1.29 is 19.1 Å². The fourth-order valence-corrected chi connectivity index (χ4v) is 2.37. The Bertz CT molecular complexity index is 433. The quantitative estimate of drug-likeness (QED) is 0.868. The lowest BCUT2D eigenvalue weighted by Crippen LogP contribution is -2.53. The molecule has 1 aliphatic heterocycles. The smallest absolute Gasteiger partial charge is 0.317 e. The maximum atomic E-state index is 12.2. The van der Waals surface area contributed by atoms with Crippen molar-refractivity contribution in [3.05, 3.63) is 24.2 Å². The van der Waals surface area contributed by atoms with E-state index < -0.39 is 6.10 Å². The Balaban J connectivity index is 1.93. The van der Waals surface area contributed by atoms with Crippen molar-refractivity contribution in [2.75, 3.05) is 26.3 Å². The molecule has 2 rings (SSSR count). The number of amides is 2. The van der Waals surface area contributed by atoms with Crippen molar-refractivity contribution in [2.45, 2.75) is 32.4 Å². The van der Waals surface area contributed by atoms with E-state index in [0.29, 0.717) is 44.4 Å². The standard InChI is InChI=1S/C15H24N2O4/c1-11(2)9-16-15(19)17-5-7-20-10-12(17)8-13(18)14-4-3-6-21-14/h3-4,6,11-13,18H,5,7-10H2,1-2H3,(H,16,19)/t12-,13-/m0/s1. The molecule has 2 atom stereocenters. The minimum atomic E-state index is -0.730. The number of furan rings is 1. The Morgan fingerprint density at radius 2 is 2.38 bits per heavy atom. The molecule has 0 aliphatic carbocycles. The number of carbonyl (C=O) groups is 1. The average molecular weight is 296 g/mol. The first-order valence-corrected chi connectivity index (χ1v) is 7.41. The van der Waals surface area contributed by atoms with Crippen molar-refractivity contribution in [3.8, 4) is 0 Å². The third-order valence-corrected chi connectivity index (χ3v) is 3.52. The van der Waals surface area contributed by atoms with Crippen LogP contribution in [0.25, 0.3) is 0 Å². The van der Waals surface area contributed by atoms with Gasteiger partial charge < -0.3 is 24.5 Å². The zero-order chi connectivity index (χ0) is 15.2. The van der Waals surface area contributed by atoms with Crippen LogP contribution in [0.5, 0.6) is 0 Å². The molecule has 0 radical (unpaired) electrons. The monoisotopic (exact) mass is 296 g/mol. The summed E-state index contributed by atoms with van der Waals surface area (Å²) in [4.78, 5) is 14.0. The van der Waals surface area contributed by atoms with Crippen LogP contribution in [-0.4, -0.2) is 48.4 Å². The minimum Gasteiger partial charge on any atom is -0.467 e. The van der Waals surface area contributed by atoms with E-state index in [-0.39, 0.29) is 12.1 Å². The van der Waals surface area contributed by atoms with Gasteiger partial charge in [-0.1, -0.05) is 13.8 Å². The van der Waals surface area contributed by atoms with Crippen molar-refractivity contribution in [1.29, 1.82) is 0 Å². The van der Waals surface area contributed by atoms with Crippen LogP contribution in [0.1, 0.15) is 32.1 Å². The predicted molar refractivity (Wildman–Crippen MR) is 77.8 cm³/mol. The van der Waals surface area contributed by atoms with Gasteiger partial charge in [-0.2, -0.15) is 0 Å². The molecule has 0 aromatic carbocycles. The van der Waals surface area contributed by atoms with Gasteiger partial charge in [0.2, 0.25) is 0 Å². The summed E-state index contributed by atoms with van der Waals surface area (Å²) in [5.74, 6) is 0.922.